The molecule has 0 spiro atoms. The van der Waals surface area contributed by atoms with Crippen LogP contribution in [0.3, 0.4) is 0 Å². The average molecular weight is 569 g/mol. The van der Waals surface area contributed by atoms with E-state index in [0.29, 0.717) is 5.16 Å². The summed E-state index contributed by atoms with van der Waals surface area (Å²) in [6.07, 6.45) is 33.1. The highest BCUT2D eigenvalue weighted by molar-refractivity contribution is 14.0. The first kappa shape index (κ1) is 34.3. The molecule has 2 unspecified atom stereocenters. The molecule has 190 valence electrons. The van der Waals surface area contributed by atoms with Crippen molar-refractivity contribution in [2.24, 2.45) is 5.92 Å². The maximum absolute atomic E-state index is 3.44. The van der Waals surface area contributed by atoms with Crippen molar-refractivity contribution in [3.63, 3.8) is 0 Å². The second-order valence-electron chi connectivity index (χ2n) is 10.3. The monoisotopic (exact) mass is 568 g/mol. The van der Waals surface area contributed by atoms with Gasteiger partial charge < -0.3 is 0 Å². The van der Waals surface area contributed by atoms with E-state index in [9.17, 15) is 0 Å². The molecular weight excluding hydrogens is 506 g/mol. The number of hydrogen-bond acceptors (Lipinski definition) is 0. The van der Waals surface area contributed by atoms with Crippen LogP contribution in [0.4, 0.5) is 0 Å². The molecule has 2 heteroatoms. The summed E-state index contributed by atoms with van der Waals surface area (Å²) in [6, 6.07) is 0. The maximum atomic E-state index is 3.44. The number of halogens is 1. The van der Waals surface area contributed by atoms with E-state index in [1.807, 2.05) is 0 Å². The molecule has 0 amide bonds. The minimum atomic E-state index is 0. The quantitative estimate of drug-likeness (QED) is 0.0617. The molecular formula is C29H62IP. The van der Waals surface area contributed by atoms with Crippen molar-refractivity contribution in [2.45, 2.75) is 181 Å². The van der Waals surface area contributed by atoms with Gasteiger partial charge in [-0.1, -0.05) is 150 Å². The Morgan fingerprint density at radius 3 is 1.16 bits per heavy atom. The molecule has 0 aliphatic heterocycles. The molecule has 0 heterocycles. The van der Waals surface area contributed by atoms with Gasteiger partial charge in [-0.25, -0.2) is 0 Å². The number of rotatable bonds is 24. The molecule has 0 bridgehead atoms. The zero-order valence-corrected chi connectivity index (χ0v) is 25.8. The molecule has 0 aromatic rings. The van der Waals surface area contributed by atoms with E-state index in [4.69, 9.17) is 0 Å². The second kappa shape index (κ2) is 25.8. The highest BCUT2D eigenvalue weighted by atomic mass is 127. The fraction of sp³-hybridized carbons (Fsp3) is 1.00. The van der Waals surface area contributed by atoms with Gasteiger partial charge in [0.25, 0.3) is 0 Å². The molecule has 0 N–H and O–H groups in total. The van der Waals surface area contributed by atoms with Crippen LogP contribution < -0.4 is 0 Å². The minimum absolute atomic E-state index is 0. The standard InChI is InChI=1S/C29H61P.HI/c1-5-9-13-14-15-16-17-18-19-21-25-28(24-20-10-6-2)29(30,26-22-11-7-3)27-23-12-8-4;/h28H,5-27,30H2,1-4H3;1H. The van der Waals surface area contributed by atoms with Gasteiger partial charge in [-0.05, 0) is 36.8 Å². The van der Waals surface area contributed by atoms with Gasteiger partial charge >= 0.3 is 0 Å². The van der Waals surface area contributed by atoms with Gasteiger partial charge in [-0.2, -0.15) is 0 Å². The third-order valence-electron chi connectivity index (χ3n) is 7.37. The van der Waals surface area contributed by atoms with Gasteiger partial charge in [-0.3, -0.25) is 0 Å². The molecule has 0 aliphatic carbocycles. The fourth-order valence-electron chi connectivity index (χ4n) is 5.18. The van der Waals surface area contributed by atoms with E-state index in [-0.39, 0.29) is 24.0 Å². The molecule has 0 aromatic carbocycles. The Balaban J connectivity index is 0. The molecule has 0 saturated heterocycles. The SMILES string of the molecule is CCCCCCCCCCCCC(CCCCC)C(P)(CCCCC)CCCCC.I. The molecule has 31 heavy (non-hydrogen) atoms. The Morgan fingerprint density at radius 1 is 0.452 bits per heavy atom. The van der Waals surface area contributed by atoms with Crippen molar-refractivity contribution in [2.75, 3.05) is 0 Å². The summed E-state index contributed by atoms with van der Waals surface area (Å²) in [5.41, 5.74) is 0. The van der Waals surface area contributed by atoms with E-state index >= 15 is 0 Å². The van der Waals surface area contributed by atoms with Crippen molar-refractivity contribution < 1.29 is 0 Å². The lowest BCUT2D eigenvalue weighted by Crippen LogP contribution is -2.32. The van der Waals surface area contributed by atoms with Crippen LogP contribution in [0.25, 0.3) is 0 Å². The predicted molar refractivity (Wildman–Crippen MR) is 160 cm³/mol. The van der Waals surface area contributed by atoms with Crippen molar-refractivity contribution in [1.29, 1.82) is 0 Å². The molecule has 2 atom stereocenters. The van der Waals surface area contributed by atoms with Gasteiger partial charge in [-0.15, -0.1) is 33.2 Å². The summed E-state index contributed by atoms with van der Waals surface area (Å²) >= 11 is 0. The van der Waals surface area contributed by atoms with Crippen molar-refractivity contribution in [3.05, 3.63) is 0 Å². The molecule has 0 nitrogen and oxygen atoms in total. The summed E-state index contributed by atoms with van der Waals surface area (Å²) in [4.78, 5) is 0. The highest BCUT2D eigenvalue weighted by Crippen LogP contribution is 2.43. The summed E-state index contributed by atoms with van der Waals surface area (Å²) in [6.45, 7) is 9.37. The number of hydrogen-bond donors (Lipinski definition) is 0. The normalized spacial score (nSPS) is 12.7. The zero-order valence-electron chi connectivity index (χ0n) is 22.3. The topological polar surface area (TPSA) is 0 Å². The molecule has 0 fully saturated rings. The van der Waals surface area contributed by atoms with Crippen LogP contribution in [0.2, 0.25) is 0 Å². The van der Waals surface area contributed by atoms with Gasteiger partial charge in [0, 0.05) is 0 Å². The van der Waals surface area contributed by atoms with Crippen molar-refractivity contribution in [1.82, 2.24) is 0 Å². The van der Waals surface area contributed by atoms with E-state index in [2.05, 4.69) is 36.9 Å². The van der Waals surface area contributed by atoms with E-state index in [1.165, 1.54) is 148 Å². The first-order valence-corrected chi connectivity index (χ1v) is 15.0. The van der Waals surface area contributed by atoms with Gasteiger partial charge in [0.15, 0.2) is 0 Å². The largest absolute Gasteiger partial charge is 0.131 e. The van der Waals surface area contributed by atoms with Gasteiger partial charge in [0.2, 0.25) is 0 Å². The Hall–Kier alpha value is 1.16. The summed E-state index contributed by atoms with van der Waals surface area (Å²) < 4.78 is 0. The molecule has 0 rings (SSSR count). The van der Waals surface area contributed by atoms with Gasteiger partial charge in [0.1, 0.15) is 0 Å². The van der Waals surface area contributed by atoms with Crippen molar-refractivity contribution in [3.8, 4) is 0 Å². The summed E-state index contributed by atoms with van der Waals surface area (Å²) in [5, 5.41) is 0.525. The fourth-order valence-corrected chi connectivity index (χ4v) is 5.92. The Kier molecular flexibility index (Phi) is 28.5. The Morgan fingerprint density at radius 2 is 0.742 bits per heavy atom. The lowest BCUT2D eigenvalue weighted by atomic mass is 9.77. The van der Waals surface area contributed by atoms with Crippen LogP contribution >= 0.6 is 33.2 Å². The molecule has 0 aliphatic rings. The third kappa shape index (κ3) is 20.3. The van der Waals surface area contributed by atoms with Crippen LogP contribution in [0.1, 0.15) is 175 Å². The minimum Gasteiger partial charge on any atom is -0.131 e. The first-order valence-electron chi connectivity index (χ1n) is 14.4. The Bertz CT molecular complexity index is 321. The van der Waals surface area contributed by atoms with E-state index < -0.39 is 0 Å². The van der Waals surface area contributed by atoms with Crippen LogP contribution in [-0.2, 0) is 0 Å². The number of unbranched alkanes of at least 4 members (excludes halogenated alkanes) is 15. The van der Waals surface area contributed by atoms with Crippen LogP contribution in [0.15, 0.2) is 0 Å². The lowest BCUT2D eigenvalue weighted by Gasteiger charge is -2.39. The smallest absolute Gasteiger partial charge is 0.0122 e. The summed E-state index contributed by atoms with van der Waals surface area (Å²) in [5.74, 6) is 0.941. The van der Waals surface area contributed by atoms with E-state index in [1.54, 1.807) is 0 Å². The molecule has 0 saturated carbocycles. The van der Waals surface area contributed by atoms with E-state index in [0.717, 1.165) is 5.92 Å². The first-order chi connectivity index (χ1) is 14.6. The van der Waals surface area contributed by atoms with Crippen LogP contribution in [-0.4, -0.2) is 5.16 Å². The maximum Gasteiger partial charge on any atom is -0.0122 e. The average Bonchev–Trinajstić information content (AvgIpc) is 2.74. The predicted octanol–water partition coefficient (Wildman–Crippen LogP) is 11.9. The lowest BCUT2D eigenvalue weighted by molar-refractivity contribution is 0.271. The summed E-state index contributed by atoms with van der Waals surface area (Å²) in [7, 11) is 3.44. The van der Waals surface area contributed by atoms with Crippen LogP contribution in [0.5, 0.6) is 0 Å². The third-order valence-corrected chi connectivity index (χ3v) is 8.42. The molecule has 0 radical (unpaired) electrons. The highest BCUT2D eigenvalue weighted by Gasteiger charge is 2.32. The van der Waals surface area contributed by atoms with Crippen LogP contribution in [0, 0.1) is 5.92 Å². The molecule has 0 aromatic heterocycles. The van der Waals surface area contributed by atoms with Crippen molar-refractivity contribution >= 4 is 33.2 Å². The van der Waals surface area contributed by atoms with Gasteiger partial charge in [0.05, 0.1) is 0 Å². The zero-order chi connectivity index (χ0) is 22.3. The second-order valence-corrected chi connectivity index (χ2v) is 11.5. The Labute approximate surface area is 218 Å².